The number of halogens is 1. The number of hydrogen-bond donors (Lipinski definition) is 2. The molecular formula is C10H14ClNO2. The summed E-state index contributed by atoms with van der Waals surface area (Å²) in [7, 11) is 1.60. The van der Waals surface area contributed by atoms with Gasteiger partial charge in [-0.1, -0.05) is 17.7 Å². The van der Waals surface area contributed by atoms with Crippen LogP contribution >= 0.6 is 11.6 Å². The molecule has 1 atom stereocenters. The molecule has 14 heavy (non-hydrogen) atoms. The number of methoxy groups -OCH3 is 1. The average molecular weight is 216 g/mol. The van der Waals surface area contributed by atoms with Crippen LogP contribution < -0.4 is 5.73 Å². The van der Waals surface area contributed by atoms with Gasteiger partial charge in [0.25, 0.3) is 0 Å². The summed E-state index contributed by atoms with van der Waals surface area (Å²) >= 11 is 5.83. The van der Waals surface area contributed by atoms with Crippen LogP contribution in [0.4, 0.5) is 0 Å². The van der Waals surface area contributed by atoms with Crippen LogP contribution in [0, 0.1) is 0 Å². The molecule has 0 spiro atoms. The average Bonchev–Trinajstić information content (AvgIpc) is 2.17. The van der Waals surface area contributed by atoms with Gasteiger partial charge in [0.15, 0.2) is 0 Å². The number of rotatable bonds is 4. The third-order valence-corrected chi connectivity index (χ3v) is 2.22. The van der Waals surface area contributed by atoms with E-state index in [9.17, 15) is 5.11 Å². The Bertz CT molecular complexity index is 304. The Labute approximate surface area is 88.4 Å². The Balaban J connectivity index is 3.01. The van der Waals surface area contributed by atoms with E-state index in [0.29, 0.717) is 11.6 Å². The zero-order chi connectivity index (χ0) is 10.6. The first-order valence-corrected chi connectivity index (χ1v) is 4.72. The first-order valence-electron chi connectivity index (χ1n) is 4.34. The van der Waals surface area contributed by atoms with Crippen LogP contribution in [-0.4, -0.2) is 18.8 Å². The highest BCUT2D eigenvalue weighted by Gasteiger charge is 2.10. The standard InChI is InChI=1S/C10H14ClNO2/c1-14-6-7-4-8(11)2-3-9(7)10(13)5-12/h2-4,10,13H,5-6,12H2,1H3. The van der Waals surface area contributed by atoms with Crippen LogP contribution in [-0.2, 0) is 11.3 Å². The summed E-state index contributed by atoms with van der Waals surface area (Å²) in [5, 5.41) is 10.2. The van der Waals surface area contributed by atoms with E-state index in [4.69, 9.17) is 22.1 Å². The molecule has 0 aliphatic carbocycles. The highest BCUT2D eigenvalue weighted by atomic mass is 35.5. The molecule has 0 radical (unpaired) electrons. The van der Waals surface area contributed by atoms with Gasteiger partial charge < -0.3 is 15.6 Å². The molecule has 0 fully saturated rings. The molecule has 3 N–H and O–H groups in total. The van der Waals surface area contributed by atoms with E-state index in [-0.39, 0.29) is 6.54 Å². The fraction of sp³-hybridized carbons (Fsp3) is 0.400. The highest BCUT2D eigenvalue weighted by molar-refractivity contribution is 6.30. The van der Waals surface area contributed by atoms with Crippen LogP contribution in [0.1, 0.15) is 17.2 Å². The van der Waals surface area contributed by atoms with Gasteiger partial charge in [0, 0.05) is 18.7 Å². The van der Waals surface area contributed by atoms with E-state index in [1.165, 1.54) is 0 Å². The van der Waals surface area contributed by atoms with Crippen LogP contribution in [0.2, 0.25) is 5.02 Å². The zero-order valence-electron chi connectivity index (χ0n) is 8.03. The quantitative estimate of drug-likeness (QED) is 0.800. The molecule has 0 heterocycles. The molecule has 78 valence electrons. The minimum absolute atomic E-state index is 0.193. The molecule has 3 nitrogen and oxygen atoms in total. The van der Waals surface area contributed by atoms with Crippen molar-refractivity contribution in [3.8, 4) is 0 Å². The molecule has 4 heteroatoms. The number of benzene rings is 1. The van der Waals surface area contributed by atoms with Crippen molar-refractivity contribution in [1.29, 1.82) is 0 Å². The predicted molar refractivity (Wildman–Crippen MR) is 56.2 cm³/mol. The summed E-state index contributed by atoms with van der Waals surface area (Å²) in [6.07, 6.45) is -0.655. The van der Waals surface area contributed by atoms with Crippen molar-refractivity contribution in [2.45, 2.75) is 12.7 Å². The van der Waals surface area contributed by atoms with Crippen LogP contribution in [0.5, 0.6) is 0 Å². The smallest absolute Gasteiger partial charge is 0.0915 e. The lowest BCUT2D eigenvalue weighted by Gasteiger charge is -2.13. The Morgan fingerprint density at radius 1 is 1.57 bits per heavy atom. The van der Waals surface area contributed by atoms with Gasteiger partial charge in [0.1, 0.15) is 0 Å². The Kier molecular flexibility index (Phi) is 4.35. The van der Waals surface area contributed by atoms with Gasteiger partial charge >= 0.3 is 0 Å². The van der Waals surface area contributed by atoms with E-state index in [1.54, 1.807) is 25.3 Å². The van der Waals surface area contributed by atoms with E-state index < -0.39 is 6.10 Å². The van der Waals surface area contributed by atoms with Crippen molar-refractivity contribution in [1.82, 2.24) is 0 Å². The summed E-state index contributed by atoms with van der Waals surface area (Å²) in [5.41, 5.74) is 7.03. The van der Waals surface area contributed by atoms with Crippen LogP contribution in [0.3, 0.4) is 0 Å². The van der Waals surface area contributed by atoms with Gasteiger partial charge in [-0.25, -0.2) is 0 Å². The summed E-state index contributed by atoms with van der Waals surface area (Å²) in [6.45, 7) is 0.616. The highest BCUT2D eigenvalue weighted by Crippen LogP contribution is 2.22. The van der Waals surface area contributed by atoms with Gasteiger partial charge in [-0.3, -0.25) is 0 Å². The van der Waals surface area contributed by atoms with Gasteiger partial charge in [0.2, 0.25) is 0 Å². The number of hydrogen-bond acceptors (Lipinski definition) is 3. The topological polar surface area (TPSA) is 55.5 Å². The van der Waals surface area contributed by atoms with E-state index in [0.717, 1.165) is 11.1 Å². The Morgan fingerprint density at radius 2 is 2.29 bits per heavy atom. The maximum atomic E-state index is 9.60. The van der Waals surface area contributed by atoms with Gasteiger partial charge in [-0.2, -0.15) is 0 Å². The second kappa shape index (κ2) is 5.32. The minimum Gasteiger partial charge on any atom is -0.387 e. The third-order valence-electron chi connectivity index (χ3n) is 1.99. The van der Waals surface area contributed by atoms with Crippen molar-refractivity contribution < 1.29 is 9.84 Å². The van der Waals surface area contributed by atoms with Crippen molar-refractivity contribution in [2.24, 2.45) is 5.73 Å². The lowest BCUT2D eigenvalue weighted by atomic mass is 10.0. The van der Waals surface area contributed by atoms with Crippen molar-refractivity contribution in [3.05, 3.63) is 34.3 Å². The predicted octanol–water partition coefficient (Wildman–Crippen LogP) is 1.48. The SMILES string of the molecule is COCc1cc(Cl)ccc1C(O)CN. The van der Waals surface area contributed by atoms with Crippen molar-refractivity contribution >= 4 is 11.6 Å². The Hall–Kier alpha value is -0.610. The molecule has 1 unspecified atom stereocenters. The normalized spacial score (nSPS) is 12.9. The monoisotopic (exact) mass is 215 g/mol. The number of aliphatic hydroxyl groups excluding tert-OH is 1. The molecule has 1 aromatic carbocycles. The fourth-order valence-corrected chi connectivity index (χ4v) is 1.50. The molecule has 0 aliphatic rings. The minimum atomic E-state index is -0.655. The summed E-state index contributed by atoms with van der Waals surface area (Å²) in [5.74, 6) is 0. The fourth-order valence-electron chi connectivity index (χ4n) is 1.31. The molecule has 1 aromatic rings. The molecule has 0 amide bonds. The summed E-state index contributed by atoms with van der Waals surface area (Å²) in [4.78, 5) is 0. The molecular weight excluding hydrogens is 202 g/mol. The molecule has 0 bridgehead atoms. The largest absolute Gasteiger partial charge is 0.387 e. The number of aliphatic hydroxyl groups is 1. The number of ether oxygens (including phenoxy) is 1. The second-order valence-corrected chi connectivity index (χ2v) is 3.46. The van der Waals surface area contributed by atoms with E-state index >= 15 is 0 Å². The van der Waals surface area contributed by atoms with Crippen molar-refractivity contribution in [3.63, 3.8) is 0 Å². The number of nitrogens with two attached hydrogens (primary N) is 1. The summed E-state index contributed by atoms with van der Waals surface area (Å²) < 4.78 is 5.01. The molecule has 0 aliphatic heterocycles. The van der Waals surface area contributed by atoms with Crippen LogP contribution in [0.15, 0.2) is 18.2 Å². The molecule has 0 saturated heterocycles. The van der Waals surface area contributed by atoms with Gasteiger partial charge in [-0.15, -0.1) is 0 Å². The van der Waals surface area contributed by atoms with Crippen LogP contribution in [0.25, 0.3) is 0 Å². The third kappa shape index (κ3) is 2.69. The maximum absolute atomic E-state index is 9.60. The lowest BCUT2D eigenvalue weighted by Crippen LogP contribution is -2.13. The zero-order valence-corrected chi connectivity index (χ0v) is 8.79. The van der Waals surface area contributed by atoms with Gasteiger partial charge in [0.05, 0.1) is 12.7 Å². The van der Waals surface area contributed by atoms with Gasteiger partial charge in [-0.05, 0) is 23.3 Å². The Morgan fingerprint density at radius 3 is 2.86 bits per heavy atom. The maximum Gasteiger partial charge on any atom is 0.0915 e. The first-order chi connectivity index (χ1) is 6.69. The molecule has 1 rings (SSSR count). The second-order valence-electron chi connectivity index (χ2n) is 3.03. The van der Waals surface area contributed by atoms with E-state index in [1.807, 2.05) is 0 Å². The lowest BCUT2D eigenvalue weighted by molar-refractivity contribution is 0.166. The summed E-state index contributed by atoms with van der Waals surface area (Å²) in [6, 6.07) is 5.28. The molecule has 0 aromatic heterocycles. The first kappa shape index (κ1) is 11.5. The van der Waals surface area contributed by atoms with E-state index in [2.05, 4.69) is 0 Å². The molecule has 0 saturated carbocycles. The van der Waals surface area contributed by atoms with Crippen molar-refractivity contribution in [2.75, 3.05) is 13.7 Å².